The van der Waals surface area contributed by atoms with Gasteiger partial charge in [-0.15, -0.1) is 0 Å². The van der Waals surface area contributed by atoms with Gasteiger partial charge in [0, 0.05) is 5.56 Å². The molecule has 4 heteroatoms. The molecule has 0 fully saturated rings. The zero-order valence-corrected chi connectivity index (χ0v) is 7.40. The van der Waals surface area contributed by atoms with Crippen LogP contribution >= 0.6 is 0 Å². The third kappa shape index (κ3) is 1.71. The molecular weight excluding hydrogens is 156 g/mol. The summed E-state index contributed by atoms with van der Waals surface area (Å²) in [5.74, 6) is 0.119. The van der Waals surface area contributed by atoms with Crippen LogP contribution in [0.15, 0.2) is 12.4 Å². The lowest BCUT2D eigenvalue weighted by Gasteiger charge is -2.15. The summed E-state index contributed by atoms with van der Waals surface area (Å²) in [5, 5.41) is 20.7. The van der Waals surface area contributed by atoms with E-state index in [-0.39, 0.29) is 5.82 Å². The van der Waals surface area contributed by atoms with Gasteiger partial charge in [0.2, 0.25) is 0 Å². The van der Waals surface area contributed by atoms with Crippen LogP contribution in [0, 0.1) is 12.1 Å². The van der Waals surface area contributed by atoms with E-state index < -0.39 is 5.60 Å². The zero-order chi connectivity index (χ0) is 9.35. The summed E-state index contributed by atoms with van der Waals surface area (Å²) in [7, 11) is 0. The topological polar surface area (TPSA) is 60.1 Å². The summed E-state index contributed by atoms with van der Waals surface area (Å²) in [6.45, 7) is 4.83. The molecule has 0 bridgehead atoms. The lowest BCUT2D eigenvalue weighted by atomic mass is 10.1. The van der Waals surface area contributed by atoms with Crippen molar-refractivity contribution < 1.29 is 9.84 Å². The molecule has 0 aliphatic heterocycles. The molecular formula is C8H12N2O2. The summed E-state index contributed by atoms with van der Waals surface area (Å²) >= 11 is 0. The van der Waals surface area contributed by atoms with E-state index in [4.69, 9.17) is 0 Å². The van der Waals surface area contributed by atoms with Gasteiger partial charge >= 0.3 is 5.82 Å². The van der Waals surface area contributed by atoms with Gasteiger partial charge < -0.3 is 10.3 Å². The first-order valence-corrected chi connectivity index (χ1v) is 3.70. The van der Waals surface area contributed by atoms with Crippen molar-refractivity contribution in [2.45, 2.75) is 26.4 Å². The predicted octanol–water partition coefficient (Wildman–Crippen LogP) is 0.251. The van der Waals surface area contributed by atoms with E-state index in [9.17, 15) is 10.3 Å². The van der Waals surface area contributed by atoms with Crippen LogP contribution in [-0.4, -0.2) is 10.1 Å². The van der Waals surface area contributed by atoms with E-state index in [1.807, 2.05) is 0 Å². The SMILES string of the molecule is Cc1cnc(C(C)(C)O)[n+]([O-])c1. The monoisotopic (exact) mass is 168 g/mol. The van der Waals surface area contributed by atoms with Gasteiger partial charge in [-0.3, -0.25) is 0 Å². The van der Waals surface area contributed by atoms with Gasteiger partial charge in [0.15, 0.2) is 5.60 Å². The molecule has 1 aromatic heterocycles. The highest BCUT2D eigenvalue weighted by Gasteiger charge is 2.27. The van der Waals surface area contributed by atoms with Gasteiger partial charge in [-0.1, -0.05) is 4.98 Å². The molecule has 4 nitrogen and oxygen atoms in total. The molecule has 0 aliphatic rings. The van der Waals surface area contributed by atoms with Crippen LogP contribution in [0.4, 0.5) is 0 Å². The Kier molecular flexibility index (Phi) is 2.02. The highest BCUT2D eigenvalue weighted by atomic mass is 16.5. The molecule has 0 atom stereocenters. The minimum Gasteiger partial charge on any atom is -0.711 e. The van der Waals surface area contributed by atoms with Gasteiger partial charge in [-0.25, -0.2) is 4.73 Å². The van der Waals surface area contributed by atoms with E-state index in [0.29, 0.717) is 4.73 Å². The van der Waals surface area contributed by atoms with Gasteiger partial charge in [0.1, 0.15) is 12.4 Å². The number of hydrogen-bond acceptors (Lipinski definition) is 3. The largest absolute Gasteiger partial charge is 0.711 e. The Bertz CT molecular complexity index is 292. The normalized spacial score (nSPS) is 11.7. The van der Waals surface area contributed by atoms with Gasteiger partial charge in [-0.05, 0) is 20.8 Å². The number of hydrogen-bond donors (Lipinski definition) is 1. The Morgan fingerprint density at radius 1 is 1.58 bits per heavy atom. The quantitative estimate of drug-likeness (QED) is 0.483. The second kappa shape index (κ2) is 2.71. The summed E-state index contributed by atoms with van der Waals surface area (Å²) in [4.78, 5) is 3.85. The molecule has 1 aromatic rings. The van der Waals surface area contributed by atoms with E-state index >= 15 is 0 Å². The van der Waals surface area contributed by atoms with Crippen LogP contribution in [0.25, 0.3) is 0 Å². The summed E-state index contributed by atoms with van der Waals surface area (Å²) in [6.07, 6.45) is 2.95. The van der Waals surface area contributed by atoms with Crippen molar-refractivity contribution in [3.63, 3.8) is 0 Å². The fourth-order valence-corrected chi connectivity index (χ4v) is 0.927. The molecule has 66 valence electrons. The molecule has 0 saturated heterocycles. The fourth-order valence-electron chi connectivity index (χ4n) is 0.927. The number of aryl methyl sites for hydroxylation is 1. The lowest BCUT2D eigenvalue weighted by Crippen LogP contribution is -2.40. The maximum absolute atomic E-state index is 11.2. The van der Waals surface area contributed by atoms with E-state index in [0.717, 1.165) is 5.56 Å². The maximum Gasteiger partial charge on any atom is 0.332 e. The van der Waals surface area contributed by atoms with Crippen LogP contribution in [0.2, 0.25) is 0 Å². The van der Waals surface area contributed by atoms with Crippen LogP contribution < -0.4 is 4.73 Å². The fraction of sp³-hybridized carbons (Fsp3) is 0.500. The molecule has 0 radical (unpaired) electrons. The van der Waals surface area contributed by atoms with Gasteiger partial charge in [0.05, 0.1) is 0 Å². The molecule has 12 heavy (non-hydrogen) atoms. The second-order valence-electron chi connectivity index (χ2n) is 3.34. The van der Waals surface area contributed by atoms with Crippen molar-refractivity contribution in [1.82, 2.24) is 4.98 Å². The second-order valence-corrected chi connectivity index (χ2v) is 3.34. The molecule has 1 heterocycles. The van der Waals surface area contributed by atoms with Gasteiger partial charge in [0.25, 0.3) is 0 Å². The van der Waals surface area contributed by atoms with Crippen molar-refractivity contribution in [1.29, 1.82) is 0 Å². The summed E-state index contributed by atoms with van der Waals surface area (Å²) in [5.41, 5.74) is -0.409. The Morgan fingerprint density at radius 3 is 2.58 bits per heavy atom. The third-order valence-corrected chi connectivity index (χ3v) is 1.47. The Hall–Kier alpha value is -1.16. The first-order valence-electron chi connectivity index (χ1n) is 3.70. The van der Waals surface area contributed by atoms with E-state index in [1.165, 1.54) is 20.0 Å². The molecule has 1 rings (SSSR count). The first kappa shape index (κ1) is 8.93. The molecule has 0 aromatic carbocycles. The highest BCUT2D eigenvalue weighted by Crippen LogP contribution is 2.12. The summed E-state index contributed by atoms with van der Waals surface area (Å²) < 4.78 is 0.593. The Balaban J connectivity index is 3.19. The number of aromatic nitrogens is 2. The van der Waals surface area contributed by atoms with Crippen LogP contribution in [0.1, 0.15) is 25.2 Å². The highest BCUT2D eigenvalue weighted by molar-refractivity contribution is 5.00. The third-order valence-electron chi connectivity index (χ3n) is 1.47. The standard InChI is InChI=1S/C8H12N2O2/c1-6-4-9-7(8(2,3)11)10(12)5-6/h4-5,11H,1-3H3. The minimum atomic E-state index is -1.19. The maximum atomic E-state index is 11.2. The Morgan fingerprint density at radius 2 is 2.17 bits per heavy atom. The predicted molar refractivity (Wildman–Crippen MR) is 43.2 cm³/mol. The average Bonchev–Trinajstić information content (AvgIpc) is 1.83. The molecule has 0 spiro atoms. The smallest absolute Gasteiger partial charge is 0.332 e. The van der Waals surface area contributed by atoms with E-state index in [1.54, 1.807) is 13.1 Å². The molecule has 0 unspecified atom stereocenters. The lowest BCUT2D eigenvalue weighted by molar-refractivity contribution is -0.626. The molecule has 0 aliphatic carbocycles. The van der Waals surface area contributed by atoms with Crippen molar-refractivity contribution in [2.75, 3.05) is 0 Å². The van der Waals surface area contributed by atoms with Gasteiger partial charge in [-0.2, -0.15) is 0 Å². The van der Waals surface area contributed by atoms with E-state index in [2.05, 4.69) is 4.98 Å². The minimum absolute atomic E-state index is 0.119. The van der Waals surface area contributed by atoms with Crippen LogP contribution in [-0.2, 0) is 5.60 Å². The number of aliphatic hydroxyl groups is 1. The Labute approximate surface area is 71.1 Å². The average molecular weight is 168 g/mol. The van der Waals surface area contributed by atoms with Crippen LogP contribution in [0.3, 0.4) is 0 Å². The van der Waals surface area contributed by atoms with Crippen molar-refractivity contribution >= 4 is 0 Å². The zero-order valence-electron chi connectivity index (χ0n) is 7.40. The summed E-state index contributed by atoms with van der Waals surface area (Å²) in [6, 6.07) is 0. The number of rotatable bonds is 1. The molecule has 1 N–H and O–H groups in total. The molecule has 0 saturated carbocycles. The first-order chi connectivity index (χ1) is 5.41. The van der Waals surface area contributed by atoms with Crippen molar-refractivity contribution in [3.8, 4) is 0 Å². The number of nitrogens with zero attached hydrogens (tertiary/aromatic N) is 2. The molecule has 0 amide bonds. The van der Waals surface area contributed by atoms with Crippen molar-refractivity contribution in [3.05, 3.63) is 29.0 Å². The van der Waals surface area contributed by atoms with Crippen LogP contribution in [0.5, 0.6) is 0 Å². The van der Waals surface area contributed by atoms with Crippen molar-refractivity contribution in [2.24, 2.45) is 0 Å².